The number of nitrogens with zero attached hydrogens (tertiary/aromatic N) is 2. The molecule has 0 bridgehead atoms. The number of hydrogen-bond donors (Lipinski definition) is 2. The molecule has 188 valence electrons. The minimum atomic E-state index is -3.71. The number of carbonyl (C=O) groups is 2. The van der Waals surface area contributed by atoms with Gasteiger partial charge in [0.25, 0.3) is 11.8 Å². The summed E-state index contributed by atoms with van der Waals surface area (Å²) in [5.74, 6) is -0.512. The van der Waals surface area contributed by atoms with Gasteiger partial charge in [-0.3, -0.25) is 13.9 Å². The highest BCUT2D eigenvalue weighted by Crippen LogP contribution is 2.27. The molecule has 0 aliphatic rings. The molecular formula is C24H22BrClN4O5S. The summed E-state index contributed by atoms with van der Waals surface area (Å²) in [6.45, 7) is -0.648. The van der Waals surface area contributed by atoms with Crippen molar-refractivity contribution in [2.24, 2.45) is 5.10 Å². The maximum absolute atomic E-state index is 12.3. The maximum Gasteiger partial charge on any atom is 0.262 e. The van der Waals surface area contributed by atoms with Gasteiger partial charge < -0.3 is 10.1 Å². The van der Waals surface area contributed by atoms with Crippen molar-refractivity contribution >= 4 is 67.0 Å². The van der Waals surface area contributed by atoms with Gasteiger partial charge in [-0.25, -0.2) is 13.8 Å². The number of anilines is 2. The number of sulfonamides is 1. The van der Waals surface area contributed by atoms with E-state index in [0.717, 1.165) is 10.6 Å². The third-order valence-corrected chi connectivity index (χ3v) is 6.74. The van der Waals surface area contributed by atoms with Gasteiger partial charge in [0.15, 0.2) is 6.61 Å². The van der Waals surface area contributed by atoms with Gasteiger partial charge >= 0.3 is 0 Å². The lowest BCUT2D eigenvalue weighted by molar-refractivity contribution is -0.119. The molecule has 0 atom stereocenters. The Bertz CT molecular complexity index is 1370. The van der Waals surface area contributed by atoms with Crippen molar-refractivity contribution in [1.29, 1.82) is 0 Å². The van der Waals surface area contributed by atoms with Gasteiger partial charge in [0.1, 0.15) is 12.3 Å². The van der Waals surface area contributed by atoms with Crippen LogP contribution in [-0.4, -0.2) is 45.9 Å². The Hall–Kier alpha value is -3.41. The second-order valence-corrected chi connectivity index (χ2v) is 10.6. The molecule has 12 heteroatoms. The average molecular weight is 594 g/mol. The summed E-state index contributed by atoms with van der Waals surface area (Å²) in [5, 5.41) is 6.97. The zero-order valence-corrected chi connectivity index (χ0v) is 22.2. The summed E-state index contributed by atoms with van der Waals surface area (Å²) in [4.78, 5) is 24.4. The molecule has 9 nitrogen and oxygen atoms in total. The van der Waals surface area contributed by atoms with E-state index in [-0.39, 0.29) is 12.5 Å². The van der Waals surface area contributed by atoms with E-state index in [0.29, 0.717) is 32.2 Å². The third kappa shape index (κ3) is 8.08. The highest BCUT2D eigenvalue weighted by molar-refractivity contribution is 9.10. The Morgan fingerprint density at radius 2 is 1.69 bits per heavy atom. The van der Waals surface area contributed by atoms with Crippen LogP contribution in [0, 0.1) is 0 Å². The number of carbonyl (C=O) groups excluding carboxylic acids is 2. The standard InChI is InChI=1S/C24H22BrClN4O5S/c1-36(33,34)30(22-9-5-2-6-19(22)25)15-23(31)29-27-14-17-10-12-18(13-11-17)35-16-24(32)28-21-8-4-3-7-20(21)26/h2-14H,15-16H2,1H3,(H,28,32)(H,29,31)/b27-14-. The van der Waals surface area contributed by atoms with E-state index < -0.39 is 22.5 Å². The predicted molar refractivity (Wildman–Crippen MR) is 144 cm³/mol. The van der Waals surface area contributed by atoms with E-state index in [1.54, 1.807) is 72.8 Å². The quantitative estimate of drug-likeness (QED) is 0.272. The zero-order valence-electron chi connectivity index (χ0n) is 19.0. The van der Waals surface area contributed by atoms with Crippen molar-refractivity contribution in [3.05, 3.63) is 87.9 Å². The Morgan fingerprint density at radius 1 is 1.03 bits per heavy atom. The van der Waals surface area contributed by atoms with E-state index in [4.69, 9.17) is 16.3 Å². The molecule has 0 aliphatic heterocycles. The molecule has 36 heavy (non-hydrogen) atoms. The molecule has 3 aromatic rings. The lowest BCUT2D eigenvalue weighted by Crippen LogP contribution is -2.39. The highest BCUT2D eigenvalue weighted by Gasteiger charge is 2.22. The first-order chi connectivity index (χ1) is 17.1. The van der Waals surface area contributed by atoms with E-state index in [1.807, 2.05) is 0 Å². The number of benzene rings is 3. The Labute approximate surface area is 222 Å². The second-order valence-electron chi connectivity index (χ2n) is 7.40. The number of hydrazone groups is 1. The van der Waals surface area contributed by atoms with Gasteiger partial charge in [-0.2, -0.15) is 5.10 Å². The number of para-hydroxylation sites is 2. The topological polar surface area (TPSA) is 117 Å². The van der Waals surface area contributed by atoms with Crippen LogP contribution in [0.4, 0.5) is 11.4 Å². The zero-order chi connectivity index (χ0) is 26.1. The monoisotopic (exact) mass is 592 g/mol. The van der Waals surface area contributed by atoms with Crippen LogP contribution in [0.1, 0.15) is 5.56 Å². The molecule has 0 aliphatic carbocycles. The van der Waals surface area contributed by atoms with Crippen LogP contribution in [0.25, 0.3) is 0 Å². The van der Waals surface area contributed by atoms with Crippen LogP contribution in [0.5, 0.6) is 5.75 Å². The van der Waals surface area contributed by atoms with E-state index in [2.05, 4.69) is 31.8 Å². The molecule has 0 unspecified atom stereocenters. The Morgan fingerprint density at radius 3 is 2.36 bits per heavy atom. The van der Waals surface area contributed by atoms with Crippen molar-refractivity contribution < 1.29 is 22.7 Å². The van der Waals surface area contributed by atoms with Gasteiger partial charge in [0.2, 0.25) is 10.0 Å². The van der Waals surface area contributed by atoms with Crippen LogP contribution in [-0.2, 0) is 19.6 Å². The van der Waals surface area contributed by atoms with Crippen molar-refractivity contribution in [2.75, 3.05) is 29.0 Å². The number of ether oxygens (including phenoxy) is 1. The molecule has 0 saturated carbocycles. The normalized spacial score (nSPS) is 11.2. The summed E-state index contributed by atoms with van der Waals surface area (Å²) in [7, 11) is -3.71. The average Bonchev–Trinajstić information content (AvgIpc) is 2.83. The minimum Gasteiger partial charge on any atom is -0.484 e. The van der Waals surface area contributed by atoms with Gasteiger partial charge in [-0.15, -0.1) is 0 Å². The lowest BCUT2D eigenvalue weighted by atomic mass is 10.2. The fourth-order valence-corrected chi connectivity index (χ4v) is 4.59. The summed E-state index contributed by atoms with van der Waals surface area (Å²) >= 11 is 9.32. The van der Waals surface area contributed by atoms with E-state index in [9.17, 15) is 18.0 Å². The van der Waals surface area contributed by atoms with Crippen molar-refractivity contribution in [3.63, 3.8) is 0 Å². The maximum atomic E-state index is 12.3. The smallest absolute Gasteiger partial charge is 0.262 e. The summed E-state index contributed by atoms with van der Waals surface area (Å²) in [5.41, 5.74) is 3.81. The number of hydrogen-bond acceptors (Lipinski definition) is 6. The first-order valence-electron chi connectivity index (χ1n) is 10.4. The van der Waals surface area contributed by atoms with Crippen LogP contribution < -0.4 is 19.8 Å². The number of amides is 2. The summed E-state index contributed by atoms with van der Waals surface area (Å²) in [6, 6.07) is 20.2. The molecule has 0 fully saturated rings. The van der Waals surface area contributed by atoms with Crippen LogP contribution in [0.15, 0.2) is 82.4 Å². The first-order valence-corrected chi connectivity index (χ1v) is 13.5. The van der Waals surface area contributed by atoms with Crippen LogP contribution in [0.2, 0.25) is 5.02 Å². The molecule has 2 N–H and O–H groups in total. The molecular weight excluding hydrogens is 572 g/mol. The third-order valence-electron chi connectivity index (χ3n) is 4.61. The molecule has 0 saturated heterocycles. The van der Waals surface area contributed by atoms with Crippen molar-refractivity contribution in [1.82, 2.24) is 5.43 Å². The largest absolute Gasteiger partial charge is 0.484 e. The Balaban J connectivity index is 1.51. The SMILES string of the molecule is CS(=O)(=O)N(CC(=O)N/N=C\c1ccc(OCC(=O)Nc2ccccc2Cl)cc1)c1ccccc1Br. The lowest BCUT2D eigenvalue weighted by Gasteiger charge is -2.22. The fourth-order valence-electron chi connectivity index (χ4n) is 2.93. The molecule has 3 rings (SSSR count). The van der Waals surface area contributed by atoms with Gasteiger partial charge in [0, 0.05) is 4.47 Å². The molecule has 0 radical (unpaired) electrons. The van der Waals surface area contributed by atoms with Crippen molar-refractivity contribution in [2.45, 2.75) is 0 Å². The van der Waals surface area contributed by atoms with E-state index in [1.165, 1.54) is 6.21 Å². The molecule has 0 aromatic heterocycles. The molecule has 3 aromatic carbocycles. The number of rotatable bonds is 10. The number of nitrogens with one attached hydrogen (secondary N) is 2. The summed E-state index contributed by atoms with van der Waals surface area (Å²) in [6.07, 6.45) is 2.42. The Kier molecular flexibility index (Phi) is 9.45. The molecule has 0 spiro atoms. The van der Waals surface area contributed by atoms with Gasteiger partial charge in [0.05, 0.1) is 28.9 Å². The fraction of sp³-hybridized carbons (Fsp3) is 0.125. The molecule has 2 amide bonds. The second kappa shape index (κ2) is 12.5. The van der Waals surface area contributed by atoms with Crippen LogP contribution >= 0.6 is 27.5 Å². The minimum absolute atomic E-state index is 0.205. The summed E-state index contributed by atoms with van der Waals surface area (Å²) < 4.78 is 31.4. The van der Waals surface area contributed by atoms with E-state index >= 15 is 0 Å². The predicted octanol–water partition coefficient (Wildman–Crippen LogP) is 4.04. The first kappa shape index (κ1) is 27.2. The van der Waals surface area contributed by atoms with Gasteiger partial charge in [-0.05, 0) is 70.0 Å². The van der Waals surface area contributed by atoms with Crippen LogP contribution in [0.3, 0.4) is 0 Å². The van der Waals surface area contributed by atoms with Gasteiger partial charge in [-0.1, -0.05) is 35.9 Å². The van der Waals surface area contributed by atoms with Crippen molar-refractivity contribution in [3.8, 4) is 5.75 Å². The molecule has 0 heterocycles. The number of halogens is 2. The highest BCUT2D eigenvalue weighted by atomic mass is 79.9.